The smallest absolute Gasteiger partial charge is 0.161 e. The number of benzene rings is 3. The van der Waals surface area contributed by atoms with Gasteiger partial charge in [0.25, 0.3) is 0 Å². The van der Waals surface area contributed by atoms with Crippen LogP contribution >= 0.6 is 0 Å². The molecule has 158 valence electrons. The number of methoxy groups -OCH3 is 2. The van der Waals surface area contributed by atoms with Gasteiger partial charge < -0.3 is 19.3 Å². The molecule has 0 aliphatic carbocycles. The summed E-state index contributed by atoms with van der Waals surface area (Å²) in [4.78, 5) is 2.20. The normalized spacial score (nSPS) is 11.9. The number of aliphatic hydroxyl groups is 1. The summed E-state index contributed by atoms with van der Waals surface area (Å²) in [6.45, 7) is 2.10. The molecule has 1 N–H and O–H groups in total. The van der Waals surface area contributed by atoms with Gasteiger partial charge in [-0.2, -0.15) is 0 Å². The van der Waals surface area contributed by atoms with Crippen LogP contribution in [-0.2, 0) is 13.1 Å². The summed E-state index contributed by atoms with van der Waals surface area (Å²) < 4.78 is 16.5. The largest absolute Gasteiger partial charge is 0.493 e. The summed E-state index contributed by atoms with van der Waals surface area (Å²) in [5.41, 5.74) is 2.27. The minimum Gasteiger partial charge on any atom is -0.493 e. The van der Waals surface area contributed by atoms with Crippen LogP contribution in [0.25, 0.3) is 0 Å². The van der Waals surface area contributed by atoms with Gasteiger partial charge in [-0.1, -0.05) is 54.6 Å². The highest BCUT2D eigenvalue weighted by Crippen LogP contribution is 2.28. The highest BCUT2D eigenvalue weighted by molar-refractivity contribution is 5.42. The van der Waals surface area contributed by atoms with E-state index in [1.165, 1.54) is 5.56 Å². The van der Waals surface area contributed by atoms with E-state index in [0.29, 0.717) is 24.6 Å². The first kappa shape index (κ1) is 21.7. The van der Waals surface area contributed by atoms with Gasteiger partial charge in [-0.05, 0) is 35.4 Å². The Morgan fingerprint density at radius 2 is 1.40 bits per heavy atom. The molecule has 1 unspecified atom stereocenters. The fraction of sp³-hybridized carbons (Fsp3) is 0.280. The molecule has 3 aromatic rings. The van der Waals surface area contributed by atoms with Crippen molar-refractivity contribution in [1.29, 1.82) is 0 Å². The molecule has 5 heteroatoms. The van der Waals surface area contributed by atoms with Crippen LogP contribution in [0.3, 0.4) is 0 Å². The molecule has 1 atom stereocenters. The Balaban J connectivity index is 1.68. The lowest BCUT2D eigenvalue weighted by molar-refractivity contribution is 0.0628. The minimum atomic E-state index is -0.617. The van der Waals surface area contributed by atoms with E-state index in [1.54, 1.807) is 14.2 Å². The average Bonchev–Trinajstić information content (AvgIpc) is 2.79. The Kier molecular flexibility index (Phi) is 8.12. The second-order valence-corrected chi connectivity index (χ2v) is 7.12. The molecule has 0 radical (unpaired) electrons. The number of nitrogens with zero attached hydrogens (tertiary/aromatic N) is 1. The van der Waals surface area contributed by atoms with Gasteiger partial charge in [0.05, 0.1) is 14.2 Å². The first-order valence-corrected chi connectivity index (χ1v) is 10.0. The highest BCUT2D eigenvalue weighted by Gasteiger charge is 2.15. The highest BCUT2D eigenvalue weighted by atomic mass is 16.5. The lowest BCUT2D eigenvalue weighted by Crippen LogP contribution is -2.35. The molecule has 0 saturated carbocycles. The third-order valence-electron chi connectivity index (χ3n) is 4.76. The van der Waals surface area contributed by atoms with Crippen molar-refractivity contribution in [1.82, 2.24) is 4.90 Å². The monoisotopic (exact) mass is 407 g/mol. The zero-order valence-electron chi connectivity index (χ0n) is 17.5. The maximum Gasteiger partial charge on any atom is 0.161 e. The van der Waals surface area contributed by atoms with Crippen molar-refractivity contribution in [3.63, 3.8) is 0 Å². The standard InChI is InChI=1S/C25H29NO4/c1-28-24-14-13-21(15-25(24)29-2)17-26(16-20-9-5-3-6-10-20)18-22(27)19-30-23-11-7-4-8-12-23/h3-15,22,27H,16-19H2,1-2H3. The van der Waals surface area contributed by atoms with Crippen LogP contribution in [0.5, 0.6) is 17.2 Å². The van der Waals surface area contributed by atoms with Crippen molar-refractivity contribution in [2.24, 2.45) is 0 Å². The Bertz CT molecular complexity index is 886. The zero-order chi connectivity index (χ0) is 21.2. The maximum absolute atomic E-state index is 10.6. The van der Waals surface area contributed by atoms with Gasteiger partial charge in [0, 0.05) is 19.6 Å². The predicted octanol–water partition coefficient (Wildman–Crippen LogP) is 4.15. The molecule has 5 nitrogen and oxygen atoms in total. The van der Waals surface area contributed by atoms with Crippen molar-refractivity contribution in [2.45, 2.75) is 19.2 Å². The Labute approximate surface area is 178 Å². The molecule has 3 aromatic carbocycles. The van der Waals surface area contributed by atoms with Gasteiger partial charge in [-0.25, -0.2) is 0 Å². The van der Waals surface area contributed by atoms with E-state index < -0.39 is 6.10 Å². The maximum atomic E-state index is 10.6. The van der Waals surface area contributed by atoms with Crippen LogP contribution in [0, 0.1) is 0 Å². The summed E-state index contributed by atoms with van der Waals surface area (Å²) >= 11 is 0. The number of ether oxygens (including phenoxy) is 3. The summed E-state index contributed by atoms with van der Waals surface area (Å²) in [6, 6.07) is 25.7. The van der Waals surface area contributed by atoms with Gasteiger partial charge in [0.15, 0.2) is 11.5 Å². The van der Waals surface area contributed by atoms with Gasteiger partial charge in [0.1, 0.15) is 18.5 Å². The van der Waals surface area contributed by atoms with Crippen LogP contribution in [-0.4, -0.2) is 43.5 Å². The van der Waals surface area contributed by atoms with E-state index in [0.717, 1.165) is 17.9 Å². The molecule has 0 heterocycles. The molecular weight excluding hydrogens is 378 g/mol. The Hall–Kier alpha value is -3.02. The lowest BCUT2D eigenvalue weighted by Gasteiger charge is -2.26. The summed E-state index contributed by atoms with van der Waals surface area (Å²) in [7, 11) is 3.26. The Morgan fingerprint density at radius 3 is 2.07 bits per heavy atom. The van der Waals surface area contributed by atoms with E-state index in [9.17, 15) is 5.11 Å². The SMILES string of the molecule is COc1ccc(CN(Cc2ccccc2)CC(O)COc2ccccc2)cc1OC. The summed E-state index contributed by atoms with van der Waals surface area (Å²) in [6.07, 6.45) is -0.617. The number of rotatable bonds is 11. The van der Waals surface area contributed by atoms with Gasteiger partial charge >= 0.3 is 0 Å². The molecular formula is C25H29NO4. The van der Waals surface area contributed by atoms with Crippen molar-refractivity contribution in [2.75, 3.05) is 27.4 Å². The first-order valence-electron chi connectivity index (χ1n) is 10.0. The van der Waals surface area contributed by atoms with Gasteiger partial charge in [-0.15, -0.1) is 0 Å². The third kappa shape index (κ3) is 6.51. The number of hydrogen-bond acceptors (Lipinski definition) is 5. The van der Waals surface area contributed by atoms with Crippen molar-refractivity contribution in [3.05, 3.63) is 90.0 Å². The fourth-order valence-corrected chi connectivity index (χ4v) is 3.32. The second-order valence-electron chi connectivity index (χ2n) is 7.12. The average molecular weight is 408 g/mol. The number of hydrogen-bond donors (Lipinski definition) is 1. The van der Waals surface area contributed by atoms with Crippen LogP contribution < -0.4 is 14.2 Å². The zero-order valence-corrected chi connectivity index (χ0v) is 17.5. The molecule has 0 bridgehead atoms. The molecule has 0 amide bonds. The molecule has 0 aliphatic rings. The van der Waals surface area contributed by atoms with E-state index in [-0.39, 0.29) is 6.61 Å². The molecule has 0 spiro atoms. The molecule has 3 rings (SSSR count). The van der Waals surface area contributed by atoms with Crippen LogP contribution in [0.2, 0.25) is 0 Å². The Morgan fingerprint density at radius 1 is 0.767 bits per heavy atom. The molecule has 30 heavy (non-hydrogen) atoms. The van der Waals surface area contributed by atoms with Gasteiger partial charge in [-0.3, -0.25) is 4.90 Å². The quantitative estimate of drug-likeness (QED) is 0.518. The fourth-order valence-electron chi connectivity index (χ4n) is 3.32. The minimum absolute atomic E-state index is 0.237. The summed E-state index contributed by atoms with van der Waals surface area (Å²) in [5, 5.41) is 10.6. The van der Waals surface area contributed by atoms with Crippen molar-refractivity contribution >= 4 is 0 Å². The third-order valence-corrected chi connectivity index (χ3v) is 4.76. The molecule has 0 aliphatic heterocycles. The van der Waals surface area contributed by atoms with E-state index >= 15 is 0 Å². The van der Waals surface area contributed by atoms with Crippen LogP contribution in [0.4, 0.5) is 0 Å². The second kappa shape index (κ2) is 11.2. The predicted molar refractivity (Wildman–Crippen MR) is 118 cm³/mol. The van der Waals surface area contributed by atoms with Crippen LogP contribution in [0.1, 0.15) is 11.1 Å². The van der Waals surface area contributed by atoms with Crippen LogP contribution in [0.15, 0.2) is 78.9 Å². The van der Waals surface area contributed by atoms with E-state index in [4.69, 9.17) is 14.2 Å². The summed E-state index contributed by atoms with van der Waals surface area (Å²) in [5.74, 6) is 2.15. The van der Waals surface area contributed by atoms with Crippen molar-refractivity contribution < 1.29 is 19.3 Å². The first-order chi connectivity index (χ1) is 14.7. The molecule has 0 aromatic heterocycles. The number of para-hydroxylation sites is 1. The molecule has 0 fully saturated rings. The lowest BCUT2D eigenvalue weighted by atomic mass is 10.1. The molecule has 0 saturated heterocycles. The van der Waals surface area contributed by atoms with Crippen molar-refractivity contribution in [3.8, 4) is 17.2 Å². The van der Waals surface area contributed by atoms with Gasteiger partial charge in [0.2, 0.25) is 0 Å². The number of aliphatic hydroxyl groups excluding tert-OH is 1. The van der Waals surface area contributed by atoms with E-state index in [1.807, 2.05) is 66.7 Å². The van der Waals surface area contributed by atoms with E-state index in [2.05, 4.69) is 17.0 Å². The topological polar surface area (TPSA) is 51.2 Å².